The molecule has 1 aromatic heterocycles. The van der Waals surface area contributed by atoms with Crippen LogP contribution < -0.4 is 10.1 Å². The first-order valence-electron chi connectivity index (χ1n) is 14.9. The summed E-state index contributed by atoms with van der Waals surface area (Å²) in [4.78, 5) is 15.4. The summed E-state index contributed by atoms with van der Waals surface area (Å²) >= 11 is 0. The Morgan fingerprint density at radius 1 is 1.05 bits per heavy atom. The Bertz CT molecular complexity index is 1290. The molecule has 1 atom stereocenters. The molecule has 1 aliphatic heterocycles. The molecule has 3 aromatic rings. The van der Waals surface area contributed by atoms with Crippen LogP contribution in [0.2, 0.25) is 0 Å². The Morgan fingerprint density at radius 3 is 2.58 bits per heavy atom. The highest BCUT2D eigenvalue weighted by Crippen LogP contribution is 2.46. The van der Waals surface area contributed by atoms with E-state index in [1.54, 1.807) is 0 Å². The Kier molecular flexibility index (Phi) is 9.01. The van der Waals surface area contributed by atoms with Crippen LogP contribution in [-0.4, -0.2) is 67.2 Å². The topological polar surface area (TPSA) is 65.0 Å². The fourth-order valence-electron chi connectivity index (χ4n) is 6.22. The molecule has 1 unspecified atom stereocenters. The molecule has 7 heteroatoms. The summed E-state index contributed by atoms with van der Waals surface area (Å²) in [7, 11) is 1.90. The molecule has 216 valence electrons. The Hall–Kier alpha value is -3.03. The number of fused-ring (bicyclic) bond motifs is 5. The monoisotopic (exact) mass is 547 g/mol. The molecule has 7 nitrogen and oxygen atoms in total. The molecule has 5 rings (SSSR count). The molecule has 1 N–H and O–H groups in total. The number of carbonyl (C=O) groups excluding carboxylic acids is 1. The van der Waals surface area contributed by atoms with Crippen molar-refractivity contribution in [2.75, 3.05) is 40.0 Å². The zero-order valence-corrected chi connectivity index (χ0v) is 24.6. The molecule has 0 bridgehead atoms. The second kappa shape index (κ2) is 12.6. The van der Waals surface area contributed by atoms with Crippen molar-refractivity contribution < 1.29 is 19.0 Å². The number of amides is 1. The zero-order valence-electron chi connectivity index (χ0n) is 24.6. The van der Waals surface area contributed by atoms with Gasteiger partial charge in [0.15, 0.2) is 0 Å². The Morgan fingerprint density at radius 2 is 1.80 bits per heavy atom. The first-order chi connectivity index (χ1) is 19.4. The molecule has 40 heavy (non-hydrogen) atoms. The lowest BCUT2D eigenvalue weighted by atomic mass is 9.81. The molecule has 1 amide bonds. The third kappa shape index (κ3) is 6.31. The Labute approximate surface area is 238 Å². The van der Waals surface area contributed by atoms with Gasteiger partial charge in [0.05, 0.1) is 24.9 Å². The number of nitrogens with one attached hydrogen (secondary N) is 1. The molecule has 1 fully saturated rings. The van der Waals surface area contributed by atoms with Gasteiger partial charge < -0.3 is 24.1 Å². The van der Waals surface area contributed by atoms with Gasteiger partial charge in [-0.3, -0.25) is 4.90 Å². The second-order valence-electron chi connectivity index (χ2n) is 12.1. The van der Waals surface area contributed by atoms with Crippen LogP contribution in [0.1, 0.15) is 64.4 Å². The molecular formula is C33H45N3O4. The predicted octanol–water partition coefficient (Wildman–Crippen LogP) is 6.59. The number of likely N-dealkylation sites (N-methyl/N-ethyl adjacent to an activating group) is 1. The summed E-state index contributed by atoms with van der Waals surface area (Å²) in [6.45, 7) is 8.92. The molecule has 1 saturated carbocycles. The van der Waals surface area contributed by atoms with E-state index in [1.807, 2.05) is 38.8 Å². The first-order valence-corrected chi connectivity index (χ1v) is 14.9. The van der Waals surface area contributed by atoms with Crippen molar-refractivity contribution in [2.24, 2.45) is 0 Å². The average molecular weight is 548 g/mol. The lowest BCUT2D eigenvalue weighted by Crippen LogP contribution is -2.49. The van der Waals surface area contributed by atoms with E-state index < -0.39 is 5.60 Å². The van der Waals surface area contributed by atoms with E-state index in [0.717, 1.165) is 17.9 Å². The van der Waals surface area contributed by atoms with Gasteiger partial charge in [0.2, 0.25) is 0 Å². The fraction of sp³-hybridized carbons (Fsp3) is 0.545. The number of ether oxygens (including phenoxy) is 3. The van der Waals surface area contributed by atoms with Gasteiger partial charge in [-0.15, -0.1) is 0 Å². The van der Waals surface area contributed by atoms with Crippen LogP contribution >= 0.6 is 0 Å². The maximum Gasteiger partial charge on any atom is 0.410 e. The van der Waals surface area contributed by atoms with Crippen molar-refractivity contribution in [3.63, 3.8) is 0 Å². The minimum absolute atomic E-state index is 0.232. The van der Waals surface area contributed by atoms with Crippen LogP contribution in [0.3, 0.4) is 0 Å². The molecule has 2 heterocycles. The lowest BCUT2D eigenvalue weighted by molar-refractivity contribution is -0.000121. The van der Waals surface area contributed by atoms with Crippen molar-refractivity contribution >= 4 is 17.0 Å². The smallest absolute Gasteiger partial charge is 0.410 e. The summed E-state index contributed by atoms with van der Waals surface area (Å²) in [5.41, 5.74) is 4.43. The van der Waals surface area contributed by atoms with Crippen molar-refractivity contribution in [3.05, 3.63) is 54.1 Å². The summed E-state index contributed by atoms with van der Waals surface area (Å²) in [5, 5.41) is 4.42. The number of rotatable bonds is 8. The van der Waals surface area contributed by atoms with Crippen molar-refractivity contribution in [2.45, 2.75) is 77.0 Å². The van der Waals surface area contributed by atoms with Crippen LogP contribution in [0.15, 0.2) is 48.5 Å². The van der Waals surface area contributed by atoms with E-state index in [9.17, 15) is 4.79 Å². The fourth-order valence-corrected chi connectivity index (χ4v) is 6.22. The summed E-state index contributed by atoms with van der Waals surface area (Å²) in [6, 6.07) is 16.9. The largest absolute Gasteiger partial charge is 0.491 e. The van der Waals surface area contributed by atoms with E-state index in [4.69, 9.17) is 14.2 Å². The van der Waals surface area contributed by atoms with Crippen LogP contribution in [0.4, 0.5) is 4.79 Å². The van der Waals surface area contributed by atoms with Gasteiger partial charge in [-0.1, -0.05) is 49.6 Å². The van der Waals surface area contributed by atoms with Crippen molar-refractivity contribution in [1.82, 2.24) is 14.8 Å². The number of carbonyl (C=O) groups is 1. The van der Waals surface area contributed by atoms with Gasteiger partial charge in [0, 0.05) is 36.1 Å². The third-order valence-electron chi connectivity index (χ3n) is 8.03. The van der Waals surface area contributed by atoms with E-state index in [0.29, 0.717) is 38.8 Å². The average Bonchev–Trinajstić information content (AvgIpc) is 3.25. The molecule has 2 aromatic carbocycles. The highest BCUT2D eigenvalue weighted by molar-refractivity contribution is 5.93. The predicted molar refractivity (Wildman–Crippen MR) is 160 cm³/mol. The molecule has 0 radical (unpaired) electrons. The molecule has 2 aliphatic rings. The van der Waals surface area contributed by atoms with Crippen LogP contribution in [0.25, 0.3) is 22.2 Å². The third-order valence-corrected chi connectivity index (χ3v) is 8.03. The lowest BCUT2D eigenvalue weighted by Gasteiger charge is -2.35. The van der Waals surface area contributed by atoms with E-state index in [-0.39, 0.29) is 12.1 Å². The van der Waals surface area contributed by atoms with Gasteiger partial charge in [-0.05, 0) is 70.3 Å². The first kappa shape index (κ1) is 28.5. The number of para-hydroxylation sites is 2. The van der Waals surface area contributed by atoms with Gasteiger partial charge in [-0.2, -0.15) is 0 Å². The molecule has 0 spiro atoms. The highest BCUT2D eigenvalue weighted by Gasteiger charge is 2.34. The van der Waals surface area contributed by atoms with Gasteiger partial charge in [0.1, 0.15) is 18.0 Å². The summed E-state index contributed by atoms with van der Waals surface area (Å²) < 4.78 is 20.7. The standard InChI is InChI=1S/C33H45N3O4/c1-33(2,3)40-32(37)35(19-21-38-20-18-34-4)25-22-36-28-16-10-8-14-26(28)30(24-12-6-5-7-13-24)31(36)27-15-9-11-17-29(27)39-23-25/h8-11,14-17,24-25,34H,5-7,12-13,18-23H2,1-4H3. The van der Waals surface area contributed by atoms with Gasteiger partial charge in [0.25, 0.3) is 0 Å². The van der Waals surface area contributed by atoms with Crippen molar-refractivity contribution in [3.8, 4) is 17.0 Å². The maximum absolute atomic E-state index is 13.6. The van der Waals surface area contributed by atoms with Crippen molar-refractivity contribution in [1.29, 1.82) is 0 Å². The van der Waals surface area contributed by atoms with Gasteiger partial charge in [-0.25, -0.2) is 4.79 Å². The zero-order chi connectivity index (χ0) is 28.1. The maximum atomic E-state index is 13.6. The number of aromatic nitrogens is 1. The number of nitrogens with zero attached hydrogens (tertiary/aromatic N) is 2. The van der Waals surface area contributed by atoms with Crippen LogP contribution in [-0.2, 0) is 16.0 Å². The number of hydrogen-bond acceptors (Lipinski definition) is 5. The van der Waals surface area contributed by atoms with E-state index >= 15 is 0 Å². The van der Waals surface area contributed by atoms with Crippen LogP contribution in [0.5, 0.6) is 5.75 Å². The van der Waals surface area contributed by atoms with Crippen LogP contribution in [0, 0.1) is 0 Å². The number of benzene rings is 2. The molecular weight excluding hydrogens is 502 g/mol. The number of hydrogen-bond donors (Lipinski definition) is 1. The minimum Gasteiger partial charge on any atom is -0.491 e. The normalized spacial score (nSPS) is 17.9. The van der Waals surface area contributed by atoms with Gasteiger partial charge >= 0.3 is 6.09 Å². The SMILES string of the molecule is CNCCOCCN(C(=O)OC(C)(C)C)C1COc2ccccc2-c2c(C3CCCCC3)c3ccccc3n2C1. The van der Waals surface area contributed by atoms with E-state index in [1.165, 1.54) is 54.3 Å². The van der Waals surface area contributed by atoms with E-state index in [2.05, 4.69) is 52.3 Å². The summed E-state index contributed by atoms with van der Waals surface area (Å²) in [5.74, 6) is 1.38. The summed E-state index contributed by atoms with van der Waals surface area (Å²) in [6.07, 6.45) is 5.93. The Balaban J connectivity index is 1.58. The highest BCUT2D eigenvalue weighted by atomic mass is 16.6. The molecule has 0 saturated heterocycles. The second-order valence-corrected chi connectivity index (χ2v) is 12.1. The quantitative estimate of drug-likeness (QED) is 0.322. The minimum atomic E-state index is -0.600. The molecule has 1 aliphatic carbocycles.